The first-order chi connectivity index (χ1) is 19.6. The van der Waals surface area contributed by atoms with Crippen LogP contribution in [0, 0.1) is 5.92 Å². The summed E-state index contributed by atoms with van der Waals surface area (Å²) in [6.07, 6.45) is 0.729. The number of nitrogens with one attached hydrogen (secondary N) is 1. The summed E-state index contributed by atoms with van der Waals surface area (Å²) in [6, 6.07) is 13.7. The molecule has 2 aromatic carbocycles. The van der Waals surface area contributed by atoms with E-state index in [1.54, 1.807) is 24.3 Å². The Morgan fingerprint density at radius 1 is 0.951 bits per heavy atom. The SMILES string of the molecule is COC(=O)CCc1ccc(S(=O)(=O)N2CCN(Cc3nc(N[C@H](C(=O)OC)C(C)C)c4ccccc4n3)CC2)cc1. The predicted molar refractivity (Wildman–Crippen MR) is 155 cm³/mol. The topological polar surface area (TPSA) is 131 Å². The Morgan fingerprint density at radius 3 is 2.27 bits per heavy atom. The van der Waals surface area contributed by atoms with E-state index in [2.05, 4.69) is 15.0 Å². The van der Waals surface area contributed by atoms with Crippen molar-refractivity contribution in [2.45, 2.75) is 44.2 Å². The number of carbonyl (C=O) groups excluding carboxylic acids is 2. The van der Waals surface area contributed by atoms with E-state index in [-0.39, 0.29) is 29.2 Å². The number of ether oxygens (including phenoxy) is 2. The molecule has 0 amide bonds. The minimum absolute atomic E-state index is 0.0225. The molecular weight excluding hydrogens is 546 g/mol. The van der Waals surface area contributed by atoms with Gasteiger partial charge in [0.2, 0.25) is 10.0 Å². The highest BCUT2D eigenvalue weighted by molar-refractivity contribution is 7.89. The van der Waals surface area contributed by atoms with Gasteiger partial charge in [-0.1, -0.05) is 38.1 Å². The first kappa shape index (κ1) is 30.4. The lowest BCUT2D eigenvalue weighted by Crippen LogP contribution is -2.48. The third kappa shape index (κ3) is 7.38. The molecule has 1 aromatic heterocycles. The maximum atomic E-state index is 13.3. The summed E-state index contributed by atoms with van der Waals surface area (Å²) in [6.45, 7) is 6.02. The number of esters is 2. The molecule has 0 radical (unpaired) electrons. The van der Waals surface area contributed by atoms with Gasteiger partial charge in [-0.3, -0.25) is 9.69 Å². The maximum absolute atomic E-state index is 13.3. The number of benzene rings is 2. The number of piperazine rings is 1. The van der Waals surface area contributed by atoms with Crippen molar-refractivity contribution < 1.29 is 27.5 Å². The summed E-state index contributed by atoms with van der Waals surface area (Å²) < 4.78 is 37.7. The number of hydrogen-bond acceptors (Lipinski definition) is 10. The minimum atomic E-state index is -3.65. The predicted octanol–water partition coefficient (Wildman–Crippen LogP) is 2.85. The van der Waals surface area contributed by atoms with Gasteiger partial charge in [-0.05, 0) is 42.2 Å². The van der Waals surface area contributed by atoms with Crippen molar-refractivity contribution in [1.82, 2.24) is 19.2 Å². The number of nitrogens with zero attached hydrogens (tertiary/aromatic N) is 4. The van der Waals surface area contributed by atoms with E-state index in [9.17, 15) is 18.0 Å². The monoisotopic (exact) mass is 583 g/mol. The van der Waals surface area contributed by atoms with Crippen LogP contribution in [0.1, 0.15) is 31.7 Å². The van der Waals surface area contributed by atoms with Gasteiger partial charge in [-0.15, -0.1) is 0 Å². The highest BCUT2D eigenvalue weighted by atomic mass is 32.2. The van der Waals surface area contributed by atoms with Crippen LogP contribution >= 0.6 is 0 Å². The Bertz CT molecular complexity index is 1470. The van der Waals surface area contributed by atoms with Crippen LogP contribution in [0.4, 0.5) is 5.82 Å². The van der Waals surface area contributed by atoms with Crippen molar-refractivity contribution in [3.05, 3.63) is 59.9 Å². The van der Waals surface area contributed by atoms with E-state index < -0.39 is 16.1 Å². The second kappa shape index (κ2) is 13.4. The molecule has 4 rings (SSSR count). The summed E-state index contributed by atoms with van der Waals surface area (Å²) in [5.41, 5.74) is 1.62. The van der Waals surface area contributed by atoms with E-state index in [0.717, 1.165) is 16.5 Å². The molecule has 0 bridgehead atoms. The molecule has 0 aliphatic carbocycles. The third-order valence-electron chi connectivity index (χ3n) is 7.17. The molecule has 3 aromatic rings. The number of sulfonamides is 1. The Kier molecular flexibility index (Phi) is 9.90. The fourth-order valence-electron chi connectivity index (χ4n) is 4.73. The van der Waals surface area contributed by atoms with Crippen LogP contribution in [0.15, 0.2) is 53.4 Å². The Morgan fingerprint density at radius 2 is 1.63 bits per heavy atom. The number of methoxy groups -OCH3 is 2. The van der Waals surface area contributed by atoms with Gasteiger partial charge in [0, 0.05) is 38.0 Å². The first-order valence-corrected chi connectivity index (χ1v) is 15.0. The molecule has 1 fully saturated rings. The molecule has 2 heterocycles. The molecule has 1 saturated heterocycles. The van der Waals surface area contributed by atoms with Crippen LogP contribution in [0.2, 0.25) is 0 Å². The molecule has 1 N–H and O–H groups in total. The van der Waals surface area contributed by atoms with Gasteiger partial charge in [0.05, 0.1) is 31.2 Å². The third-order valence-corrected chi connectivity index (χ3v) is 9.08. The van der Waals surface area contributed by atoms with Gasteiger partial charge >= 0.3 is 11.9 Å². The summed E-state index contributed by atoms with van der Waals surface area (Å²) in [5.74, 6) is 0.452. The maximum Gasteiger partial charge on any atom is 0.328 e. The first-order valence-electron chi connectivity index (χ1n) is 13.6. The fourth-order valence-corrected chi connectivity index (χ4v) is 6.15. The van der Waals surface area contributed by atoms with Gasteiger partial charge in [0.1, 0.15) is 17.7 Å². The van der Waals surface area contributed by atoms with E-state index >= 15 is 0 Å². The van der Waals surface area contributed by atoms with Crippen molar-refractivity contribution in [2.75, 3.05) is 45.7 Å². The largest absolute Gasteiger partial charge is 0.469 e. The van der Waals surface area contributed by atoms with E-state index in [0.29, 0.717) is 50.8 Å². The molecular formula is C29H37N5O6S. The molecule has 0 saturated carbocycles. The molecule has 220 valence electrons. The van der Waals surface area contributed by atoms with Gasteiger partial charge < -0.3 is 14.8 Å². The van der Waals surface area contributed by atoms with Crippen LogP contribution in [0.25, 0.3) is 10.9 Å². The summed E-state index contributed by atoms with van der Waals surface area (Å²) in [4.78, 5) is 35.6. The lowest BCUT2D eigenvalue weighted by molar-refractivity contribution is -0.142. The average molecular weight is 584 g/mol. The summed E-state index contributed by atoms with van der Waals surface area (Å²) in [7, 11) is -0.938. The second-order valence-corrected chi connectivity index (χ2v) is 12.2. The zero-order valence-corrected chi connectivity index (χ0v) is 24.7. The van der Waals surface area contributed by atoms with Crippen LogP contribution in [-0.2, 0) is 42.1 Å². The number of aromatic nitrogens is 2. The molecule has 11 nitrogen and oxygen atoms in total. The lowest BCUT2D eigenvalue weighted by atomic mass is 10.0. The van der Waals surface area contributed by atoms with E-state index in [4.69, 9.17) is 14.7 Å². The molecule has 1 aliphatic heterocycles. The number of para-hydroxylation sites is 1. The number of fused-ring (bicyclic) bond motifs is 1. The van der Waals surface area contributed by atoms with Gasteiger partial charge in [-0.25, -0.2) is 23.2 Å². The highest BCUT2D eigenvalue weighted by Crippen LogP contribution is 2.24. The van der Waals surface area contributed by atoms with E-state index in [1.165, 1.54) is 18.5 Å². The molecule has 1 aliphatic rings. The number of anilines is 1. The Hall–Kier alpha value is -3.61. The van der Waals surface area contributed by atoms with Crippen LogP contribution in [-0.4, -0.2) is 86.0 Å². The van der Waals surface area contributed by atoms with Crippen molar-refractivity contribution in [3.8, 4) is 0 Å². The fraction of sp³-hybridized carbons (Fsp3) is 0.448. The van der Waals surface area contributed by atoms with Crippen molar-refractivity contribution in [3.63, 3.8) is 0 Å². The zero-order valence-electron chi connectivity index (χ0n) is 23.9. The molecule has 0 spiro atoms. The van der Waals surface area contributed by atoms with Crippen molar-refractivity contribution >= 4 is 38.7 Å². The average Bonchev–Trinajstić information content (AvgIpc) is 2.98. The zero-order chi connectivity index (χ0) is 29.6. The lowest BCUT2D eigenvalue weighted by Gasteiger charge is -2.33. The number of carbonyl (C=O) groups is 2. The number of hydrogen-bond donors (Lipinski definition) is 1. The van der Waals surface area contributed by atoms with Crippen LogP contribution < -0.4 is 5.32 Å². The standard InChI is InChI=1S/C29H37N5O6S/c1-20(2)27(29(36)40-4)32-28-23-7-5-6-8-24(23)30-25(31-28)19-33-15-17-34(18-16-33)41(37,38)22-12-9-21(10-13-22)11-14-26(35)39-3/h5-10,12-13,20,27H,11,14-19H2,1-4H3,(H,30,31,32)/t27-/m0/s1. The van der Waals surface area contributed by atoms with Gasteiger partial charge in [-0.2, -0.15) is 4.31 Å². The Balaban J connectivity index is 1.43. The summed E-state index contributed by atoms with van der Waals surface area (Å²) in [5, 5.41) is 4.06. The smallest absolute Gasteiger partial charge is 0.328 e. The Labute approximate surface area is 240 Å². The minimum Gasteiger partial charge on any atom is -0.469 e. The van der Waals surface area contributed by atoms with Crippen molar-refractivity contribution in [2.24, 2.45) is 5.92 Å². The van der Waals surface area contributed by atoms with Crippen LogP contribution in [0.3, 0.4) is 0 Å². The van der Waals surface area contributed by atoms with Gasteiger partial charge in [0.15, 0.2) is 0 Å². The normalized spacial score (nSPS) is 15.5. The molecule has 0 unspecified atom stereocenters. The highest BCUT2D eigenvalue weighted by Gasteiger charge is 2.29. The van der Waals surface area contributed by atoms with Crippen LogP contribution in [0.5, 0.6) is 0 Å². The number of rotatable bonds is 11. The molecule has 41 heavy (non-hydrogen) atoms. The van der Waals surface area contributed by atoms with Gasteiger partial charge in [0.25, 0.3) is 0 Å². The quantitative estimate of drug-likeness (QED) is 0.336. The molecule has 12 heteroatoms. The second-order valence-electron chi connectivity index (χ2n) is 10.3. The van der Waals surface area contributed by atoms with Crippen molar-refractivity contribution in [1.29, 1.82) is 0 Å². The number of aryl methyl sites for hydroxylation is 1. The van der Waals surface area contributed by atoms with E-state index in [1.807, 2.05) is 38.1 Å². The molecule has 1 atom stereocenters. The summed E-state index contributed by atoms with van der Waals surface area (Å²) >= 11 is 0.